The number of hydrogen-bond donors (Lipinski definition) is 3. The summed E-state index contributed by atoms with van der Waals surface area (Å²) in [5, 5.41) is 5.97. The molecule has 0 bridgehead atoms. The van der Waals surface area contributed by atoms with Gasteiger partial charge in [0.25, 0.3) is 11.8 Å². The highest BCUT2D eigenvalue weighted by atomic mass is 16.6. The summed E-state index contributed by atoms with van der Waals surface area (Å²) in [6.07, 6.45) is 1.63. The summed E-state index contributed by atoms with van der Waals surface area (Å²) in [6.45, 7) is 10.1. The maximum Gasteiger partial charge on any atom is 0.410 e. The van der Waals surface area contributed by atoms with E-state index in [0.29, 0.717) is 36.3 Å². The summed E-state index contributed by atoms with van der Waals surface area (Å²) in [5.74, 6) is -0.740. The van der Waals surface area contributed by atoms with Crippen molar-refractivity contribution in [3.05, 3.63) is 77.6 Å². The minimum atomic E-state index is -0.598. The number of nitrogen functional groups attached to an aromatic ring is 1. The predicted molar refractivity (Wildman–Crippen MR) is 152 cm³/mol. The molecule has 1 atom stereocenters. The van der Waals surface area contributed by atoms with E-state index in [1.165, 1.54) is 6.20 Å². The van der Waals surface area contributed by atoms with Crippen LogP contribution in [0, 0.1) is 0 Å². The van der Waals surface area contributed by atoms with E-state index >= 15 is 0 Å². The van der Waals surface area contributed by atoms with E-state index in [9.17, 15) is 14.4 Å². The highest BCUT2D eigenvalue weighted by Crippen LogP contribution is 2.23. The lowest BCUT2D eigenvalue weighted by Gasteiger charge is -2.27. The molecule has 3 amide bonds. The van der Waals surface area contributed by atoms with Crippen LogP contribution in [0.4, 0.5) is 10.6 Å². The van der Waals surface area contributed by atoms with Crippen LogP contribution in [0.5, 0.6) is 0 Å². The summed E-state index contributed by atoms with van der Waals surface area (Å²) in [5.41, 5.74) is 7.25. The summed E-state index contributed by atoms with van der Waals surface area (Å²) >= 11 is 0. The molecule has 40 heavy (non-hydrogen) atoms. The molecule has 10 nitrogen and oxygen atoms in total. The highest BCUT2D eigenvalue weighted by molar-refractivity contribution is 5.98. The van der Waals surface area contributed by atoms with Crippen LogP contribution in [-0.4, -0.2) is 57.5 Å². The second-order valence-electron chi connectivity index (χ2n) is 11.4. The van der Waals surface area contributed by atoms with Gasteiger partial charge < -0.3 is 26.0 Å². The van der Waals surface area contributed by atoms with Crippen molar-refractivity contribution >= 4 is 23.7 Å². The van der Waals surface area contributed by atoms with E-state index < -0.39 is 23.1 Å². The summed E-state index contributed by atoms with van der Waals surface area (Å²) in [4.78, 5) is 48.8. The standard InChI is InChI=1S/C30H36N6O4/c1-29(2,3)40-28(39)36-15-14-22(18-36)33-27(38)24-25(31)32-17-23(34-24)19-10-9-11-20(16-19)26(37)35-30(4,5)21-12-7-6-8-13-21/h6-13,16-17,22H,14-15,18H2,1-5H3,(H2,31,32)(H,33,38)(H,35,37)/t22-/m0/s1. The van der Waals surface area contributed by atoms with Gasteiger partial charge in [-0.3, -0.25) is 9.59 Å². The third-order valence-electron chi connectivity index (χ3n) is 6.53. The average molecular weight is 545 g/mol. The summed E-state index contributed by atoms with van der Waals surface area (Å²) < 4.78 is 5.42. The van der Waals surface area contributed by atoms with E-state index in [4.69, 9.17) is 10.5 Å². The molecule has 10 heteroatoms. The first-order chi connectivity index (χ1) is 18.8. The third-order valence-corrected chi connectivity index (χ3v) is 6.53. The second-order valence-corrected chi connectivity index (χ2v) is 11.4. The smallest absolute Gasteiger partial charge is 0.410 e. The minimum Gasteiger partial charge on any atom is -0.444 e. The molecule has 0 spiro atoms. The van der Waals surface area contributed by atoms with Gasteiger partial charge in [-0.25, -0.2) is 14.8 Å². The van der Waals surface area contributed by atoms with Gasteiger partial charge in [0.1, 0.15) is 5.60 Å². The fraction of sp³-hybridized carbons (Fsp3) is 0.367. The maximum atomic E-state index is 13.1. The number of carbonyl (C=O) groups excluding carboxylic acids is 3. The van der Waals surface area contributed by atoms with Crippen LogP contribution >= 0.6 is 0 Å². The number of rotatable bonds is 6. The van der Waals surface area contributed by atoms with Crippen molar-refractivity contribution < 1.29 is 19.1 Å². The van der Waals surface area contributed by atoms with Gasteiger partial charge in [-0.05, 0) is 58.7 Å². The molecule has 4 N–H and O–H groups in total. The van der Waals surface area contributed by atoms with Gasteiger partial charge in [0.15, 0.2) is 11.5 Å². The number of amides is 3. The molecule has 1 aromatic heterocycles. The zero-order valence-electron chi connectivity index (χ0n) is 23.5. The Morgan fingerprint density at radius 1 is 1.00 bits per heavy atom. The van der Waals surface area contributed by atoms with Crippen molar-refractivity contribution in [2.45, 2.75) is 58.2 Å². The van der Waals surface area contributed by atoms with Crippen LogP contribution < -0.4 is 16.4 Å². The molecule has 1 aliphatic heterocycles. The molecule has 1 saturated heterocycles. The Bertz CT molecular complexity index is 1400. The third kappa shape index (κ3) is 6.93. The molecule has 0 unspecified atom stereocenters. The highest BCUT2D eigenvalue weighted by Gasteiger charge is 2.31. The van der Waals surface area contributed by atoms with Gasteiger partial charge >= 0.3 is 6.09 Å². The molecule has 3 aromatic rings. The van der Waals surface area contributed by atoms with Gasteiger partial charge in [0.05, 0.1) is 17.4 Å². The Morgan fingerprint density at radius 3 is 2.42 bits per heavy atom. The van der Waals surface area contributed by atoms with Crippen molar-refractivity contribution in [2.75, 3.05) is 18.8 Å². The molecule has 1 fully saturated rings. The number of carbonyl (C=O) groups is 3. The Kier molecular flexibility index (Phi) is 8.08. The van der Waals surface area contributed by atoms with Crippen LogP contribution in [0.3, 0.4) is 0 Å². The van der Waals surface area contributed by atoms with Crippen LogP contribution in [-0.2, 0) is 10.3 Å². The van der Waals surface area contributed by atoms with Crippen LogP contribution in [0.1, 0.15) is 67.4 Å². The van der Waals surface area contributed by atoms with Crippen LogP contribution in [0.2, 0.25) is 0 Å². The van der Waals surface area contributed by atoms with Gasteiger partial charge in [-0.2, -0.15) is 0 Å². The number of aromatic nitrogens is 2. The molecule has 210 valence electrons. The Labute approximate surface area is 234 Å². The van der Waals surface area contributed by atoms with E-state index in [1.807, 2.05) is 65.0 Å². The molecule has 1 aliphatic rings. The molecular formula is C30H36N6O4. The Hall–Kier alpha value is -4.47. The number of nitrogens with one attached hydrogen (secondary N) is 2. The number of hydrogen-bond acceptors (Lipinski definition) is 7. The Balaban J connectivity index is 1.46. The quantitative estimate of drug-likeness (QED) is 0.424. The van der Waals surface area contributed by atoms with Gasteiger partial charge in [0, 0.05) is 30.3 Å². The van der Waals surface area contributed by atoms with Gasteiger partial charge in [-0.15, -0.1) is 0 Å². The predicted octanol–water partition coefficient (Wildman–Crippen LogP) is 4.13. The molecular weight excluding hydrogens is 508 g/mol. The molecule has 2 heterocycles. The maximum absolute atomic E-state index is 13.1. The molecule has 0 saturated carbocycles. The van der Waals surface area contributed by atoms with Crippen molar-refractivity contribution in [1.82, 2.24) is 25.5 Å². The molecule has 2 aromatic carbocycles. The van der Waals surface area contributed by atoms with E-state index in [2.05, 4.69) is 20.6 Å². The first-order valence-corrected chi connectivity index (χ1v) is 13.2. The number of anilines is 1. The molecule has 0 aliphatic carbocycles. The fourth-order valence-electron chi connectivity index (χ4n) is 4.43. The number of likely N-dealkylation sites (tertiary alicyclic amines) is 1. The fourth-order valence-corrected chi connectivity index (χ4v) is 4.43. The number of nitrogens with two attached hydrogens (primary N) is 1. The first-order valence-electron chi connectivity index (χ1n) is 13.2. The van der Waals surface area contributed by atoms with E-state index in [0.717, 1.165) is 5.56 Å². The zero-order valence-corrected chi connectivity index (χ0v) is 23.5. The van der Waals surface area contributed by atoms with Crippen molar-refractivity contribution in [2.24, 2.45) is 0 Å². The number of ether oxygens (including phenoxy) is 1. The lowest BCUT2D eigenvalue weighted by Crippen LogP contribution is -2.41. The lowest BCUT2D eigenvalue weighted by atomic mass is 9.94. The number of nitrogens with zero attached hydrogens (tertiary/aromatic N) is 3. The Morgan fingerprint density at radius 2 is 1.73 bits per heavy atom. The zero-order chi connectivity index (χ0) is 29.1. The van der Waals surface area contributed by atoms with Gasteiger partial charge in [-0.1, -0.05) is 42.5 Å². The van der Waals surface area contributed by atoms with E-state index in [-0.39, 0.29) is 23.5 Å². The first kappa shape index (κ1) is 28.5. The van der Waals surface area contributed by atoms with Crippen molar-refractivity contribution in [3.63, 3.8) is 0 Å². The number of benzene rings is 2. The van der Waals surface area contributed by atoms with E-state index in [1.54, 1.807) is 29.2 Å². The topological polar surface area (TPSA) is 140 Å². The van der Waals surface area contributed by atoms with Gasteiger partial charge in [0.2, 0.25) is 0 Å². The SMILES string of the molecule is CC(C)(C)OC(=O)N1CC[C@H](NC(=O)c2nc(-c3cccc(C(=O)NC(C)(C)c4ccccc4)c3)cnc2N)C1. The average Bonchev–Trinajstić information content (AvgIpc) is 3.37. The monoisotopic (exact) mass is 544 g/mol. The largest absolute Gasteiger partial charge is 0.444 e. The molecule has 0 radical (unpaired) electrons. The summed E-state index contributed by atoms with van der Waals surface area (Å²) in [7, 11) is 0. The second kappa shape index (κ2) is 11.3. The normalized spacial score (nSPS) is 15.4. The lowest BCUT2D eigenvalue weighted by molar-refractivity contribution is 0.0289. The molecule has 4 rings (SSSR count). The van der Waals surface area contributed by atoms with Crippen molar-refractivity contribution in [1.29, 1.82) is 0 Å². The minimum absolute atomic E-state index is 0.0123. The van der Waals surface area contributed by atoms with Crippen LogP contribution in [0.25, 0.3) is 11.3 Å². The summed E-state index contributed by atoms with van der Waals surface area (Å²) in [6, 6.07) is 16.4. The van der Waals surface area contributed by atoms with Crippen LogP contribution in [0.15, 0.2) is 60.8 Å². The van der Waals surface area contributed by atoms with Crippen molar-refractivity contribution in [3.8, 4) is 11.3 Å².